The summed E-state index contributed by atoms with van der Waals surface area (Å²) in [7, 11) is 1.65. The highest BCUT2D eigenvalue weighted by atomic mass is 32.1. The number of aryl methyl sites for hydroxylation is 1. The van der Waals surface area contributed by atoms with Crippen LogP contribution in [0.15, 0.2) is 46.3 Å². The van der Waals surface area contributed by atoms with E-state index >= 15 is 0 Å². The van der Waals surface area contributed by atoms with Gasteiger partial charge in [0.15, 0.2) is 0 Å². The molecular weight excluding hydrogens is 362 g/mol. The van der Waals surface area contributed by atoms with Gasteiger partial charge in [0, 0.05) is 25.4 Å². The first-order chi connectivity index (χ1) is 13.2. The van der Waals surface area contributed by atoms with Crippen molar-refractivity contribution in [3.05, 3.63) is 53.2 Å². The lowest BCUT2D eigenvalue weighted by atomic mass is 10.2. The molecule has 6 nitrogen and oxygen atoms in total. The van der Waals surface area contributed by atoms with Gasteiger partial charge in [-0.3, -0.25) is 4.79 Å². The van der Waals surface area contributed by atoms with Gasteiger partial charge in [-0.1, -0.05) is 23.4 Å². The molecule has 2 heterocycles. The minimum absolute atomic E-state index is 0.129. The molecule has 1 aliphatic carbocycles. The van der Waals surface area contributed by atoms with E-state index < -0.39 is 0 Å². The fourth-order valence-corrected chi connectivity index (χ4v) is 3.60. The average molecular weight is 383 g/mol. The van der Waals surface area contributed by atoms with Crippen LogP contribution in [0.5, 0.6) is 5.75 Å². The molecule has 27 heavy (non-hydrogen) atoms. The van der Waals surface area contributed by atoms with Crippen LogP contribution in [-0.4, -0.2) is 34.1 Å². The van der Waals surface area contributed by atoms with E-state index in [-0.39, 0.29) is 5.91 Å². The maximum atomic E-state index is 12.8. The molecule has 1 aromatic carbocycles. The third-order valence-corrected chi connectivity index (χ3v) is 5.45. The number of carbonyl (C=O) groups excluding carboxylic acids is 1. The summed E-state index contributed by atoms with van der Waals surface area (Å²) in [5, 5.41) is 5.97. The van der Waals surface area contributed by atoms with Crippen LogP contribution >= 0.6 is 11.3 Å². The first kappa shape index (κ1) is 17.7. The molecule has 140 valence electrons. The van der Waals surface area contributed by atoms with Gasteiger partial charge in [0.2, 0.25) is 17.6 Å². The Balaban J connectivity index is 1.36. The molecule has 3 aromatic rings. The smallest absolute Gasteiger partial charge is 0.227 e. The van der Waals surface area contributed by atoms with Crippen molar-refractivity contribution in [1.82, 2.24) is 15.0 Å². The van der Waals surface area contributed by atoms with Gasteiger partial charge in [-0.05, 0) is 42.0 Å². The lowest BCUT2D eigenvalue weighted by Crippen LogP contribution is -2.32. The molecule has 1 aliphatic rings. The number of hydrogen-bond acceptors (Lipinski definition) is 6. The monoisotopic (exact) mass is 383 g/mol. The standard InChI is InChI=1S/C20H21N3O3S/c1-25-16-8-4-14(5-9-16)13-23(15-6-7-15)19(24)11-10-18-21-20(22-26-18)17-3-2-12-27-17/h2-5,8-9,12,15H,6-7,10-11,13H2,1H3. The Labute approximate surface area is 161 Å². The van der Waals surface area contributed by atoms with Gasteiger partial charge in [-0.2, -0.15) is 4.98 Å². The Kier molecular flexibility index (Phi) is 5.20. The molecular formula is C20H21N3O3S. The zero-order valence-corrected chi connectivity index (χ0v) is 15.9. The molecule has 0 spiro atoms. The molecule has 0 unspecified atom stereocenters. The van der Waals surface area contributed by atoms with Gasteiger partial charge < -0.3 is 14.2 Å². The third-order valence-electron chi connectivity index (χ3n) is 4.58. The van der Waals surface area contributed by atoms with Crippen molar-refractivity contribution in [2.24, 2.45) is 0 Å². The lowest BCUT2D eigenvalue weighted by Gasteiger charge is -2.22. The third kappa shape index (κ3) is 4.36. The van der Waals surface area contributed by atoms with E-state index in [2.05, 4.69) is 10.1 Å². The Morgan fingerprint density at radius 3 is 2.78 bits per heavy atom. The summed E-state index contributed by atoms with van der Waals surface area (Å²) < 4.78 is 10.5. The van der Waals surface area contributed by atoms with E-state index in [1.165, 1.54) is 0 Å². The summed E-state index contributed by atoms with van der Waals surface area (Å²) in [6.45, 7) is 0.623. The maximum absolute atomic E-state index is 12.8. The molecule has 1 saturated carbocycles. The van der Waals surface area contributed by atoms with E-state index in [1.54, 1.807) is 18.4 Å². The van der Waals surface area contributed by atoms with Crippen LogP contribution in [0.25, 0.3) is 10.7 Å². The van der Waals surface area contributed by atoms with Crippen LogP contribution < -0.4 is 4.74 Å². The second kappa shape index (κ2) is 7.92. The number of thiophene rings is 1. The summed E-state index contributed by atoms with van der Waals surface area (Å²) in [6, 6.07) is 12.1. The fourth-order valence-electron chi connectivity index (χ4n) is 2.95. The van der Waals surface area contributed by atoms with Crippen LogP contribution in [-0.2, 0) is 17.8 Å². The number of nitrogens with zero attached hydrogens (tertiary/aromatic N) is 3. The molecule has 0 N–H and O–H groups in total. The summed E-state index contributed by atoms with van der Waals surface area (Å²) >= 11 is 1.57. The highest BCUT2D eigenvalue weighted by Crippen LogP contribution is 2.29. The van der Waals surface area contributed by atoms with Crippen LogP contribution in [0.3, 0.4) is 0 Å². The normalized spacial score (nSPS) is 13.5. The second-order valence-electron chi connectivity index (χ2n) is 6.59. The number of rotatable bonds is 8. The number of benzene rings is 1. The van der Waals surface area contributed by atoms with Crippen LogP contribution in [0.2, 0.25) is 0 Å². The number of methoxy groups -OCH3 is 1. The van der Waals surface area contributed by atoms with Gasteiger partial charge in [0.1, 0.15) is 5.75 Å². The van der Waals surface area contributed by atoms with Gasteiger partial charge in [-0.25, -0.2) is 0 Å². The number of amides is 1. The Hall–Kier alpha value is -2.67. The van der Waals surface area contributed by atoms with Crippen molar-refractivity contribution in [3.63, 3.8) is 0 Å². The molecule has 7 heteroatoms. The van der Waals surface area contributed by atoms with Crippen molar-refractivity contribution in [2.45, 2.75) is 38.3 Å². The minimum atomic E-state index is 0.129. The van der Waals surface area contributed by atoms with Crippen molar-refractivity contribution in [3.8, 4) is 16.5 Å². The van der Waals surface area contributed by atoms with Crippen LogP contribution in [0.1, 0.15) is 30.7 Å². The molecule has 0 bridgehead atoms. The predicted octanol–water partition coefficient (Wildman–Crippen LogP) is 3.93. The van der Waals surface area contributed by atoms with Gasteiger partial charge in [-0.15, -0.1) is 11.3 Å². The Bertz CT molecular complexity index is 886. The van der Waals surface area contributed by atoms with E-state index in [0.717, 1.165) is 29.0 Å². The number of aromatic nitrogens is 2. The summed E-state index contributed by atoms with van der Waals surface area (Å²) in [4.78, 5) is 20.1. The summed E-state index contributed by atoms with van der Waals surface area (Å²) in [5.41, 5.74) is 1.11. The summed E-state index contributed by atoms with van der Waals surface area (Å²) in [5.74, 6) is 2.04. The van der Waals surface area contributed by atoms with E-state index in [0.29, 0.717) is 37.1 Å². The zero-order valence-electron chi connectivity index (χ0n) is 15.1. The second-order valence-corrected chi connectivity index (χ2v) is 7.54. The maximum Gasteiger partial charge on any atom is 0.227 e. The fraction of sp³-hybridized carbons (Fsp3) is 0.350. The van der Waals surface area contributed by atoms with Gasteiger partial charge in [0.05, 0.1) is 12.0 Å². The highest BCUT2D eigenvalue weighted by molar-refractivity contribution is 7.13. The Morgan fingerprint density at radius 1 is 1.30 bits per heavy atom. The van der Waals surface area contributed by atoms with Crippen molar-refractivity contribution >= 4 is 17.2 Å². The number of carbonyl (C=O) groups is 1. The Morgan fingerprint density at radius 2 is 2.11 bits per heavy atom. The largest absolute Gasteiger partial charge is 0.497 e. The molecule has 2 aromatic heterocycles. The molecule has 0 saturated heterocycles. The molecule has 4 rings (SSSR count). The van der Waals surface area contributed by atoms with Gasteiger partial charge in [0.25, 0.3) is 0 Å². The first-order valence-corrected chi connectivity index (χ1v) is 9.90. The van der Waals surface area contributed by atoms with E-state index in [9.17, 15) is 4.79 Å². The topological polar surface area (TPSA) is 68.5 Å². The molecule has 0 atom stereocenters. The number of hydrogen-bond donors (Lipinski definition) is 0. The van der Waals surface area contributed by atoms with E-state index in [1.807, 2.05) is 46.7 Å². The van der Waals surface area contributed by atoms with Crippen molar-refractivity contribution in [1.29, 1.82) is 0 Å². The zero-order chi connectivity index (χ0) is 18.6. The van der Waals surface area contributed by atoms with Crippen molar-refractivity contribution in [2.75, 3.05) is 7.11 Å². The SMILES string of the molecule is COc1ccc(CN(C(=O)CCc2nc(-c3cccs3)no2)C2CC2)cc1. The van der Waals surface area contributed by atoms with Crippen LogP contribution in [0, 0.1) is 0 Å². The van der Waals surface area contributed by atoms with Gasteiger partial charge >= 0.3 is 0 Å². The van der Waals surface area contributed by atoms with E-state index in [4.69, 9.17) is 9.26 Å². The first-order valence-electron chi connectivity index (χ1n) is 9.02. The number of ether oxygens (including phenoxy) is 1. The van der Waals surface area contributed by atoms with Crippen molar-refractivity contribution < 1.29 is 14.1 Å². The predicted molar refractivity (Wildman–Crippen MR) is 102 cm³/mol. The average Bonchev–Trinajstić information content (AvgIpc) is 3.19. The minimum Gasteiger partial charge on any atom is -0.497 e. The van der Waals surface area contributed by atoms with Crippen LogP contribution in [0.4, 0.5) is 0 Å². The molecule has 1 amide bonds. The molecule has 0 aliphatic heterocycles. The molecule has 0 radical (unpaired) electrons. The summed E-state index contributed by atoms with van der Waals surface area (Å²) in [6.07, 6.45) is 2.98. The highest BCUT2D eigenvalue weighted by Gasteiger charge is 2.32. The molecule has 1 fully saturated rings. The quantitative estimate of drug-likeness (QED) is 0.589. The lowest BCUT2D eigenvalue weighted by molar-refractivity contribution is -0.132.